The van der Waals surface area contributed by atoms with E-state index in [9.17, 15) is 9.90 Å². The minimum Gasteiger partial charge on any atom is -0.504 e. The van der Waals surface area contributed by atoms with Crippen LogP contribution in [-0.4, -0.2) is 31.7 Å². The standard InChI is InChI=1S/C29H30N2O5/c1-4-36-25-12-10-17(15-27(25)35-3)19-13-22-28(24(33)14-19)29(18-9-11-23(32)26(16-18)34-2)31-21-8-6-5-7-20(21)30-22/h5-12,15-16,19,29-32H,4,13-14H2,1-3H3. The van der Waals surface area contributed by atoms with Crippen LogP contribution in [0.3, 0.4) is 0 Å². The van der Waals surface area contributed by atoms with Crippen LogP contribution in [0.5, 0.6) is 23.0 Å². The molecule has 2 aliphatic rings. The predicted molar refractivity (Wildman–Crippen MR) is 139 cm³/mol. The maximum atomic E-state index is 13.8. The molecule has 0 spiro atoms. The summed E-state index contributed by atoms with van der Waals surface area (Å²) < 4.78 is 16.6. The van der Waals surface area contributed by atoms with E-state index in [2.05, 4.69) is 10.6 Å². The Morgan fingerprint density at radius 2 is 1.61 bits per heavy atom. The van der Waals surface area contributed by atoms with E-state index in [0.717, 1.165) is 28.2 Å². The average molecular weight is 487 g/mol. The van der Waals surface area contributed by atoms with E-state index in [1.165, 1.54) is 7.11 Å². The second kappa shape index (κ2) is 9.85. The number of anilines is 2. The number of fused-ring (bicyclic) bond motifs is 1. The fourth-order valence-corrected chi connectivity index (χ4v) is 5.06. The van der Waals surface area contributed by atoms with Crippen molar-refractivity contribution in [1.82, 2.24) is 0 Å². The lowest BCUT2D eigenvalue weighted by Gasteiger charge is -2.30. The Kier molecular flexibility index (Phi) is 6.46. The second-order valence-electron chi connectivity index (χ2n) is 8.94. The van der Waals surface area contributed by atoms with Crippen molar-refractivity contribution < 1.29 is 24.1 Å². The normalized spacial score (nSPS) is 18.8. The summed E-state index contributed by atoms with van der Waals surface area (Å²) in [5, 5.41) is 17.2. The van der Waals surface area contributed by atoms with E-state index in [4.69, 9.17) is 14.2 Å². The number of aromatic hydroxyl groups is 1. The Bertz CT molecular complexity index is 1330. The van der Waals surface area contributed by atoms with Gasteiger partial charge in [-0.3, -0.25) is 4.79 Å². The van der Waals surface area contributed by atoms with Gasteiger partial charge in [0.2, 0.25) is 0 Å². The first-order valence-electron chi connectivity index (χ1n) is 12.1. The topological polar surface area (TPSA) is 89.1 Å². The molecule has 7 nitrogen and oxygen atoms in total. The molecule has 1 heterocycles. The third kappa shape index (κ3) is 4.33. The Morgan fingerprint density at radius 3 is 2.36 bits per heavy atom. The maximum Gasteiger partial charge on any atom is 0.163 e. The molecule has 0 amide bonds. The van der Waals surface area contributed by atoms with Crippen molar-refractivity contribution in [2.24, 2.45) is 0 Å². The number of carbonyl (C=O) groups excluding carboxylic acids is 1. The van der Waals surface area contributed by atoms with E-state index in [0.29, 0.717) is 42.3 Å². The Morgan fingerprint density at radius 1 is 0.889 bits per heavy atom. The summed E-state index contributed by atoms with van der Waals surface area (Å²) in [6.45, 7) is 2.48. The van der Waals surface area contributed by atoms with E-state index in [-0.39, 0.29) is 17.5 Å². The van der Waals surface area contributed by atoms with Gasteiger partial charge in [0.1, 0.15) is 0 Å². The van der Waals surface area contributed by atoms with Crippen molar-refractivity contribution >= 4 is 17.2 Å². The highest BCUT2D eigenvalue weighted by Gasteiger charge is 2.36. The van der Waals surface area contributed by atoms with Crippen LogP contribution in [-0.2, 0) is 4.79 Å². The summed E-state index contributed by atoms with van der Waals surface area (Å²) in [4.78, 5) is 13.8. The molecule has 0 saturated carbocycles. The first kappa shape index (κ1) is 23.6. The molecule has 2 unspecified atom stereocenters. The number of hydrogen-bond donors (Lipinski definition) is 3. The Balaban J connectivity index is 1.57. The third-order valence-electron chi connectivity index (χ3n) is 6.81. The Hall–Kier alpha value is -4.13. The minimum atomic E-state index is -0.394. The number of allylic oxidation sites excluding steroid dienone is 1. The lowest BCUT2D eigenvalue weighted by molar-refractivity contribution is -0.116. The number of benzene rings is 3. The molecular formula is C29H30N2O5. The lowest BCUT2D eigenvalue weighted by Crippen LogP contribution is -2.27. The van der Waals surface area contributed by atoms with E-state index >= 15 is 0 Å². The molecule has 0 aromatic heterocycles. The van der Waals surface area contributed by atoms with Gasteiger partial charge in [-0.15, -0.1) is 0 Å². The zero-order valence-corrected chi connectivity index (χ0v) is 20.6. The van der Waals surface area contributed by atoms with E-state index < -0.39 is 6.04 Å². The molecule has 1 aliphatic heterocycles. The number of methoxy groups -OCH3 is 2. The van der Waals surface area contributed by atoms with Crippen LogP contribution in [0, 0.1) is 0 Å². The van der Waals surface area contributed by atoms with Crippen molar-refractivity contribution in [3.63, 3.8) is 0 Å². The monoisotopic (exact) mass is 486 g/mol. The van der Waals surface area contributed by atoms with Gasteiger partial charge in [-0.2, -0.15) is 0 Å². The van der Waals surface area contributed by atoms with Gasteiger partial charge in [-0.1, -0.05) is 24.3 Å². The summed E-state index contributed by atoms with van der Waals surface area (Å²) in [6.07, 6.45) is 1.04. The van der Waals surface area contributed by atoms with Gasteiger partial charge < -0.3 is 30.0 Å². The molecule has 0 bridgehead atoms. The van der Waals surface area contributed by atoms with Crippen LogP contribution in [0.4, 0.5) is 11.4 Å². The predicted octanol–water partition coefficient (Wildman–Crippen LogP) is 5.79. The Labute approximate surface area is 210 Å². The number of phenols is 1. The number of ketones is 1. The SMILES string of the molecule is CCOc1ccc(C2CC(=O)C3=C(C2)Nc2ccccc2NC3c2ccc(O)c(OC)c2)cc1OC. The number of Topliss-reactive ketones (excluding diaryl/α,β-unsaturated/α-hetero) is 1. The van der Waals surface area contributed by atoms with Crippen molar-refractivity contribution in [3.8, 4) is 23.0 Å². The molecule has 3 N–H and O–H groups in total. The molecule has 0 radical (unpaired) electrons. The molecule has 3 aromatic carbocycles. The van der Waals surface area contributed by atoms with Crippen molar-refractivity contribution in [1.29, 1.82) is 0 Å². The number of carbonyl (C=O) groups is 1. The highest BCUT2D eigenvalue weighted by molar-refractivity contribution is 6.01. The number of hydrogen-bond acceptors (Lipinski definition) is 7. The van der Waals surface area contributed by atoms with Crippen LogP contribution >= 0.6 is 0 Å². The number of rotatable bonds is 6. The molecule has 5 rings (SSSR count). The fraction of sp³-hybridized carbons (Fsp3) is 0.276. The van der Waals surface area contributed by atoms with Crippen LogP contribution in [0.2, 0.25) is 0 Å². The van der Waals surface area contributed by atoms with Crippen molar-refractivity contribution in [2.45, 2.75) is 31.7 Å². The summed E-state index contributed by atoms with van der Waals surface area (Å²) in [5.74, 6) is 1.84. The van der Waals surface area contributed by atoms with Crippen LogP contribution in [0.25, 0.3) is 0 Å². The largest absolute Gasteiger partial charge is 0.504 e. The van der Waals surface area contributed by atoms with Gasteiger partial charge in [0.25, 0.3) is 0 Å². The molecule has 1 aliphatic carbocycles. The molecule has 36 heavy (non-hydrogen) atoms. The second-order valence-corrected chi connectivity index (χ2v) is 8.94. The molecule has 2 atom stereocenters. The van der Waals surface area contributed by atoms with Gasteiger partial charge in [0.05, 0.1) is 38.2 Å². The van der Waals surface area contributed by atoms with Gasteiger partial charge in [0.15, 0.2) is 28.8 Å². The highest BCUT2D eigenvalue weighted by atomic mass is 16.5. The molecule has 186 valence electrons. The number of nitrogens with one attached hydrogen (secondary N) is 2. The summed E-state index contributed by atoms with van der Waals surface area (Å²) >= 11 is 0. The molecule has 0 saturated heterocycles. The third-order valence-corrected chi connectivity index (χ3v) is 6.81. The zero-order valence-electron chi connectivity index (χ0n) is 20.6. The smallest absolute Gasteiger partial charge is 0.163 e. The molecule has 0 fully saturated rings. The molecule has 3 aromatic rings. The van der Waals surface area contributed by atoms with Crippen LogP contribution in [0.15, 0.2) is 71.9 Å². The number of phenolic OH excluding ortho intramolecular Hbond substituents is 1. The van der Waals surface area contributed by atoms with Gasteiger partial charge in [0, 0.05) is 17.7 Å². The average Bonchev–Trinajstić information content (AvgIpc) is 3.06. The molecular weight excluding hydrogens is 456 g/mol. The van der Waals surface area contributed by atoms with Crippen molar-refractivity contribution in [2.75, 3.05) is 31.5 Å². The van der Waals surface area contributed by atoms with Gasteiger partial charge in [-0.05, 0) is 66.8 Å². The van der Waals surface area contributed by atoms with Gasteiger partial charge >= 0.3 is 0 Å². The van der Waals surface area contributed by atoms with E-state index in [1.54, 1.807) is 19.2 Å². The summed E-state index contributed by atoms with van der Waals surface area (Å²) in [6, 6.07) is 18.6. The summed E-state index contributed by atoms with van der Waals surface area (Å²) in [7, 11) is 3.14. The summed E-state index contributed by atoms with van der Waals surface area (Å²) in [5.41, 5.74) is 5.27. The van der Waals surface area contributed by atoms with Crippen LogP contribution in [0.1, 0.15) is 42.9 Å². The maximum absolute atomic E-state index is 13.8. The number of ether oxygens (including phenoxy) is 3. The first-order chi connectivity index (χ1) is 17.5. The van der Waals surface area contributed by atoms with Gasteiger partial charge in [-0.25, -0.2) is 0 Å². The fourth-order valence-electron chi connectivity index (χ4n) is 5.06. The lowest BCUT2D eigenvalue weighted by atomic mass is 9.78. The quantitative estimate of drug-likeness (QED) is 0.406. The van der Waals surface area contributed by atoms with Crippen LogP contribution < -0.4 is 24.8 Å². The minimum absolute atomic E-state index is 0.00593. The van der Waals surface area contributed by atoms with Crippen molar-refractivity contribution in [3.05, 3.63) is 83.1 Å². The first-order valence-corrected chi connectivity index (χ1v) is 12.1. The number of para-hydroxylation sites is 2. The van der Waals surface area contributed by atoms with E-state index in [1.807, 2.05) is 55.5 Å². The zero-order chi connectivity index (χ0) is 25.2. The highest BCUT2D eigenvalue weighted by Crippen LogP contribution is 2.46. The molecule has 7 heteroatoms.